The molecule has 1 aromatic carbocycles. The SMILES string of the molecule is COc1ccc(C(=O)O)cc1S(=O)(=O)N1CCCC[C@H]1C. The second kappa shape index (κ2) is 6.03. The zero-order chi connectivity index (χ0) is 15.6. The smallest absolute Gasteiger partial charge is 0.335 e. The lowest BCUT2D eigenvalue weighted by molar-refractivity contribution is 0.0696. The molecule has 0 aliphatic carbocycles. The van der Waals surface area contributed by atoms with Crippen LogP contribution in [0.1, 0.15) is 36.5 Å². The lowest BCUT2D eigenvalue weighted by Gasteiger charge is -2.32. The number of ether oxygens (including phenoxy) is 1. The third-order valence-corrected chi connectivity index (χ3v) is 5.77. The summed E-state index contributed by atoms with van der Waals surface area (Å²) in [6.45, 7) is 2.31. The summed E-state index contributed by atoms with van der Waals surface area (Å²) in [6.07, 6.45) is 2.62. The molecule has 1 atom stereocenters. The molecule has 1 aliphatic heterocycles. The monoisotopic (exact) mass is 313 g/mol. The fourth-order valence-electron chi connectivity index (χ4n) is 2.57. The summed E-state index contributed by atoms with van der Waals surface area (Å²) in [5.74, 6) is -1.00. The molecule has 1 fully saturated rings. The second-order valence-corrected chi connectivity index (χ2v) is 6.99. The molecule has 0 amide bonds. The maximum Gasteiger partial charge on any atom is 0.335 e. The number of aromatic carboxylic acids is 1. The number of carboxylic acid groups (broad SMARTS) is 1. The Hall–Kier alpha value is -1.60. The van der Waals surface area contributed by atoms with Crippen molar-refractivity contribution in [2.45, 2.75) is 37.1 Å². The lowest BCUT2D eigenvalue weighted by Crippen LogP contribution is -2.42. The molecule has 0 saturated carbocycles. The van der Waals surface area contributed by atoms with Crippen LogP contribution in [0, 0.1) is 0 Å². The molecule has 0 radical (unpaired) electrons. The van der Waals surface area contributed by atoms with Gasteiger partial charge in [0.15, 0.2) is 0 Å². The van der Waals surface area contributed by atoms with E-state index in [2.05, 4.69) is 0 Å². The van der Waals surface area contributed by atoms with Gasteiger partial charge in [0, 0.05) is 12.6 Å². The van der Waals surface area contributed by atoms with E-state index in [1.54, 1.807) is 0 Å². The maximum atomic E-state index is 12.8. The van der Waals surface area contributed by atoms with Gasteiger partial charge in [0.1, 0.15) is 10.6 Å². The van der Waals surface area contributed by atoms with E-state index in [4.69, 9.17) is 9.84 Å². The molecular weight excluding hydrogens is 294 g/mol. The fourth-order valence-corrected chi connectivity index (χ4v) is 4.45. The lowest BCUT2D eigenvalue weighted by atomic mass is 10.1. The summed E-state index contributed by atoms with van der Waals surface area (Å²) in [5.41, 5.74) is -0.0703. The van der Waals surface area contributed by atoms with Gasteiger partial charge in [-0.15, -0.1) is 0 Å². The zero-order valence-corrected chi connectivity index (χ0v) is 12.9. The van der Waals surface area contributed by atoms with Crippen molar-refractivity contribution in [1.29, 1.82) is 0 Å². The number of nitrogens with zero attached hydrogens (tertiary/aromatic N) is 1. The van der Waals surface area contributed by atoms with Crippen molar-refractivity contribution >= 4 is 16.0 Å². The molecule has 6 nitrogen and oxygen atoms in total. The van der Waals surface area contributed by atoms with Gasteiger partial charge in [0.25, 0.3) is 0 Å². The van der Waals surface area contributed by atoms with Crippen molar-refractivity contribution in [3.63, 3.8) is 0 Å². The van der Waals surface area contributed by atoms with Gasteiger partial charge in [-0.25, -0.2) is 13.2 Å². The molecule has 0 aromatic heterocycles. The Morgan fingerprint density at radius 1 is 1.38 bits per heavy atom. The summed E-state index contributed by atoms with van der Waals surface area (Å²) in [4.78, 5) is 11.0. The highest BCUT2D eigenvalue weighted by Gasteiger charge is 2.33. The first-order valence-electron chi connectivity index (χ1n) is 6.81. The number of hydrogen-bond donors (Lipinski definition) is 1. The molecule has 1 saturated heterocycles. The van der Waals surface area contributed by atoms with Gasteiger partial charge >= 0.3 is 5.97 Å². The third-order valence-electron chi connectivity index (χ3n) is 3.74. The topological polar surface area (TPSA) is 83.9 Å². The van der Waals surface area contributed by atoms with E-state index in [1.807, 2.05) is 6.92 Å². The van der Waals surface area contributed by atoms with Gasteiger partial charge < -0.3 is 9.84 Å². The maximum absolute atomic E-state index is 12.8. The van der Waals surface area contributed by atoms with Crippen molar-refractivity contribution in [2.75, 3.05) is 13.7 Å². The van der Waals surface area contributed by atoms with Crippen molar-refractivity contribution < 1.29 is 23.1 Å². The molecule has 1 heterocycles. The van der Waals surface area contributed by atoms with Crippen LogP contribution < -0.4 is 4.74 Å². The molecule has 1 aliphatic rings. The molecule has 2 rings (SSSR count). The predicted octanol–water partition coefficient (Wildman–Crippen LogP) is 1.96. The number of methoxy groups -OCH3 is 1. The summed E-state index contributed by atoms with van der Waals surface area (Å²) >= 11 is 0. The molecule has 1 N–H and O–H groups in total. The van der Waals surface area contributed by atoms with Gasteiger partial charge in [-0.3, -0.25) is 0 Å². The highest BCUT2D eigenvalue weighted by Crippen LogP contribution is 2.31. The van der Waals surface area contributed by atoms with Crippen LogP contribution in [0.5, 0.6) is 5.75 Å². The molecule has 0 unspecified atom stereocenters. The van der Waals surface area contributed by atoms with Crippen LogP contribution in [0.3, 0.4) is 0 Å². The van der Waals surface area contributed by atoms with Crippen molar-refractivity contribution in [3.05, 3.63) is 23.8 Å². The second-order valence-electron chi connectivity index (χ2n) is 5.13. The van der Waals surface area contributed by atoms with Crippen molar-refractivity contribution in [2.24, 2.45) is 0 Å². The first kappa shape index (κ1) is 15.8. The molecule has 116 valence electrons. The predicted molar refractivity (Wildman–Crippen MR) is 77.2 cm³/mol. The van der Waals surface area contributed by atoms with Crippen molar-refractivity contribution in [1.82, 2.24) is 4.31 Å². The minimum Gasteiger partial charge on any atom is -0.495 e. The van der Waals surface area contributed by atoms with E-state index in [0.717, 1.165) is 25.3 Å². The van der Waals surface area contributed by atoms with Crippen LogP contribution in [-0.4, -0.2) is 43.5 Å². The number of sulfonamides is 1. The Bertz CT molecular complexity index is 641. The first-order valence-corrected chi connectivity index (χ1v) is 8.25. The zero-order valence-electron chi connectivity index (χ0n) is 12.1. The number of carboxylic acids is 1. The summed E-state index contributed by atoms with van der Waals surface area (Å²) in [5, 5.41) is 9.05. The van der Waals surface area contributed by atoms with Crippen molar-refractivity contribution in [3.8, 4) is 5.75 Å². The van der Waals surface area contributed by atoms with E-state index in [1.165, 1.54) is 23.5 Å². The van der Waals surface area contributed by atoms with Gasteiger partial charge in [0.2, 0.25) is 10.0 Å². The Balaban J connectivity index is 2.52. The van der Waals surface area contributed by atoms with Crippen LogP contribution in [0.4, 0.5) is 0 Å². The molecule has 1 aromatic rings. The number of piperidine rings is 1. The van der Waals surface area contributed by atoms with E-state index in [0.29, 0.717) is 6.54 Å². The third kappa shape index (κ3) is 3.03. The molecule has 21 heavy (non-hydrogen) atoms. The standard InChI is InChI=1S/C14H19NO5S/c1-10-5-3-4-8-15(10)21(18,19)13-9-11(14(16)17)6-7-12(13)20-2/h6-7,9-10H,3-5,8H2,1-2H3,(H,16,17)/t10-/m1/s1. The average Bonchev–Trinajstić information content (AvgIpc) is 2.46. The van der Waals surface area contributed by atoms with Crippen LogP contribution >= 0.6 is 0 Å². The highest BCUT2D eigenvalue weighted by atomic mass is 32.2. The Morgan fingerprint density at radius 2 is 2.10 bits per heavy atom. The average molecular weight is 313 g/mol. The van der Waals surface area contributed by atoms with Crippen LogP contribution in [0.15, 0.2) is 23.1 Å². The van der Waals surface area contributed by atoms with Gasteiger partial charge in [-0.2, -0.15) is 4.31 Å². The minimum absolute atomic E-state index is 0.0703. The Morgan fingerprint density at radius 3 is 2.67 bits per heavy atom. The number of carbonyl (C=O) groups is 1. The van der Waals surface area contributed by atoms with Gasteiger partial charge in [-0.05, 0) is 38.0 Å². The first-order chi connectivity index (χ1) is 9.87. The summed E-state index contributed by atoms with van der Waals surface area (Å²) in [7, 11) is -2.40. The summed E-state index contributed by atoms with van der Waals surface area (Å²) < 4.78 is 32.1. The Labute approximate surface area is 124 Å². The molecule has 7 heteroatoms. The summed E-state index contributed by atoms with van der Waals surface area (Å²) in [6, 6.07) is 3.78. The number of hydrogen-bond acceptors (Lipinski definition) is 4. The minimum atomic E-state index is -3.76. The normalized spacial score (nSPS) is 20.2. The molecular formula is C14H19NO5S. The van der Waals surface area contributed by atoms with E-state index < -0.39 is 16.0 Å². The van der Waals surface area contributed by atoms with E-state index in [-0.39, 0.29) is 22.3 Å². The molecule has 0 spiro atoms. The number of rotatable bonds is 4. The quantitative estimate of drug-likeness (QED) is 0.918. The van der Waals surface area contributed by atoms with Crippen LogP contribution in [0.2, 0.25) is 0 Å². The number of benzene rings is 1. The van der Waals surface area contributed by atoms with E-state index >= 15 is 0 Å². The highest BCUT2D eigenvalue weighted by molar-refractivity contribution is 7.89. The fraction of sp³-hybridized carbons (Fsp3) is 0.500. The van der Waals surface area contributed by atoms with Crippen LogP contribution in [-0.2, 0) is 10.0 Å². The van der Waals surface area contributed by atoms with Crippen LogP contribution in [0.25, 0.3) is 0 Å². The van der Waals surface area contributed by atoms with E-state index in [9.17, 15) is 13.2 Å². The molecule has 0 bridgehead atoms. The largest absolute Gasteiger partial charge is 0.495 e. The Kier molecular flexibility index (Phi) is 4.53. The van der Waals surface area contributed by atoms with Gasteiger partial charge in [-0.1, -0.05) is 6.42 Å². The van der Waals surface area contributed by atoms with Gasteiger partial charge in [0.05, 0.1) is 12.7 Å².